The Kier molecular flexibility index (Phi) is 5.59. The molecule has 144 valence electrons. The highest BCUT2D eigenvalue weighted by Crippen LogP contribution is 2.39. The van der Waals surface area contributed by atoms with E-state index >= 15 is 0 Å². The fraction of sp³-hybridized carbons (Fsp3) is 0.381. The number of amides is 1. The lowest BCUT2D eigenvalue weighted by molar-refractivity contribution is 0.0954. The number of phenols is 1. The molecule has 0 bridgehead atoms. The van der Waals surface area contributed by atoms with Gasteiger partial charge in [-0.1, -0.05) is 41.5 Å². The second-order valence-corrected chi connectivity index (χ2v) is 8.60. The van der Waals surface area contributed by atoms with E-state index in [1.54, 1.807) is 0 Å². The summed E-state index contributed by atoms with van der Waals surface area (Å²) in [6, 6.07) is 5.06. The summed E-state index contributed by atoms with van der Waals surface area (Å²) >= 11 is 0. The maximum atomic E-state index is 12.1. The van der Waals surface area contributed by atoms with Crippen LogP contribution in [0.15, 0.2) is 35.7 Å². The number of aromatic hydroxyl groups is 2. The van der Waals surface area contributed by atoms with Gasteiger partial charge in [-0.2, -0.15) is 5.10 Å². The van der Waals surface area contributed by atoms with Crippen molar-refractivity contribution >= 4 is 12.1 Å². The van der Waals surface area contributed by atoms with Crippen molar-refractivity contribution in [3.63, 3.8) is 0 Å². The number of phenolic OH excluding ortho intramolecular Hbond substituents is 1. The molecule has 0 saturated heterocycles. The molecule has 0 unspecified atom stereocenters. The number of aromatic nitrogens is 1. The predicted octanol–water partition coefficient (Wildman–Crippen LogP) is 3.85. The standard InChI is InChI=1S/C21H27N3O3/c1-20(2,3)16-7-13(8-17(18(16)26)21(4,5)6)10-23-24-19(27)14-9-15(25)12-22-11-14/h7-12,25-26H,1-6H3,(H,24,27). The normalized spacial score (nSPS) is 12.4. The van der Waals surface area contributed by atoms with E-state index in [1.807, 2.05) is 53.7 Å². The number of nitrogens with zero attached hydrogens (tertiary/aromatic N) is 2. The molecule has 1 heterocycles. The first-order valence-corrected chi connectivity index (χ1v) is 8.75. The number of carbonyl (C=O) groups is 1. The second-order valence-electron chi connectivity index (χ2n) is 8.60. The zero-order chi connectivity index (χ0) is 20.4. The molecule has 3 N–H and O–H groups in total. The van der Waals surface area contributed by atoms with Crippen LogP contribution in [-0.4, -0.2) is 27.3 Å². The van der Waals surface area contributed by atoms with Crippen molar-refractivity contribution in [1.82, 2.24) is 10.4 Å². The van der Waals surface area contributed by atoms with E-state index in [2.05, 4.69) is 15.5 Å². The molecular formula is C21H27N3O3. The van der Waals surface area contributed by atoms with Gasteiger partial charge in [0.25, 0.3) is 5.91 Å². The molecule has 0 atom stereocenters. The first kappa shape index (κ1) is 20.4. The van der Waals surface area contributed by atoms with E-state index in [0.717, 1.165) is 16.7 Å². The third kappa shape index (κ3) is 5.06. The molecular weight excluding hydrogens is 342 g/mol. The number of nitrogens with one attached hydrogen (secondary N) is 1. The molecule has 0 fully saturated rings. The predicted molar refractivity (Wildman–Crippen MR) is 106 cm³/mol. The van der Waals surface area contributed by atoms with E-state index in [-0.39, 0.29) is 22.1 Å². The zero-order valence-corrected chi connectivity index (χ0v) is 16.7. The molecule has 0 aliphatic carbocycles. The molecule has 1 aromatic heterocycles. The summed E-state index contributed by atoms with van der Waals surface area (Å²) in [5.41, 5.74) is 4.56. The largest absolute Gasteiger partial charge is 0.507 e. The first-order valence-electron chi connectivity index (χ1n) is 8.75. The lowest BCUT2D eigenvalue weighted by Crippen LogP contribution is -2.19. The van der Waals surface area contributed by atoms with Crippen molar-refractivity contribution in [2.24, 2.45) is 5.10 Å². The summed E-state index contributed by atoms with van der Waals surface area (Å²) in [4.78, 5) is 15.8. The number of carbonyl (C=O) groups excluding carboxylic acids is 1. The number of benzene rings is 1. The van der Waals surface area contributed by atoms with Crippen molar-refractivity contribution < 1.29 is 15.0 Å². The quantitative estimate of drug-likeness (QED) is 0.566. The van der Waals surface area contributed by atoms with E-state index in [4.69, 9.17) is 0 Å². The van der Waals surface area contributed by atoms with Crippen molar-refractivity contribution in [2.75, 3.05) is 0 Å². The van der Waals surface area contributed by atoms with Gasteiger partial charge in [-0.15, -0.1) is 0 Å². The van der Waals surface area contributed by atoms with Crippen LogP contribution in [0.25, 0.3) is 0 Å². The highest BCUT2D eigenvalue weighted by atomic mass is 16.3. The molecule has 0 aliphatic heterocycles. The number of hydrazone groups is 1. The lowest BCUT2D eigenvalue weighted by atomic mass is 9.78. The van der Waals surface area contributed by atoms with Crippen LogP contribution in [0.5, 0.6) is 11.5 Å². The Morgan fingerprint density at radius 1 is 1.00 bits per heavy atom. The van der Waals surface area contributed by atoms with Crippen LogP contribution in [-0.2, 0) is 10.8 Å². The second kappa shape index (κ2) is 7.39. The summed E-state index contributed by atoms with van der Waals surface area (Å²) in [6.07, 6.45) is 4.14. The van der Waals surface area contributed by atoms with Crippen LogP contribution in [0.4, 0.5) is 0 Å². The molecule has 0 spiro atoms. The minimum Gasteiger partial charge on any atom is -0.507 e. The van der Waals surface area contributed by atoms with Gasteiger partial charge in [0.15, 0.2) is 0 Å². The van der Waals surface area contributed by atoms with Crippen LogP contribution < -0.4 is 5.43 Å². The highest BCUT2D eigenvalue weighted by Gasteiger charge is 2.26. The fourth-order valence-corrected chi connectivity index (χ4v) is 2.66. The molecule has 1 amide bonds. The van der Waals surface area contributed by atoms with E-state index in [9.17, 15) is 15.0 Å². The van der Waals surface area contributed by atoms with Gasteiger partial charge in [-0.05, 0) is 34.6 Å². The third-order valence-electron chi connectivity index (χ3n) is 4.11. The fourth-order valence-electron chi connectivity index (χ4n) is 2.66. The van der Waals surface area contributed by atoms with Crippen LogP contribution >= 0.6 is 0 Å². The summed E-state index contributed by atoms with van der Waals surface area (Å²) < 4.78 is 0. The zero-order valence-electron chi connectivity index (χ0n) is 16.7. The number of rotatable bonds is 3. The minimum atomic E-state index is -0.472. The van der Waals surface area contributed by atoms with E-state index in [0.29, 0.717) is 5.75 Å². The van der Waals surface area contributed by atoms with Crippen molar-refractivity contribution in [3.05, 3.63) is 52.8 Å². The van der Waals surface area contributed by atoms with Gasteiger partial charge in [0.1, 0.15) is 11.5 Å². The Bertz CT molecular complexity index is 840. The first-order chi connectivity index (χ1) is 12.4. The summed E-state index contributed by atoms with van der Waals surface area (Å²) in [5, 5.41) is 24.1. The van der Waals surface area contributed by atoms with Gasteiger partial charge < -0.3 is 10.2 Å². The van der Waals surface area contributed by atoms with Crippen molar-refractivity contribution in [1.29, 1.82) is 0 Å². The third-order valence-corrected chi connectivity index (χ3v) is 4.11. The van der Waals surface area contributed by atoms with Gasteiger partial charge in [0.05, 0.1) is 18.0 Å². The highest BCUT2D eigenvalue weighted by molar-refractivity contribution is 5.95. The number of hydrogen-bond donors (Lipinski definition) is 3. The molecule has 6 nitrogen and oxygen atoms in total. The average molecular weight is 369 g/mol. The molecule has 0 radical (unpaired) electrons. The van der Waals surface area contributed by atoms with Crippen LogP contribution in [0.1, 0.15) is 68.6 Å². The molecule has 2 aromatic rings. The maximum Gasteiger partial charge on any atom is 0.273 e. The topological polar surface area (TPSA) is 94.8 Å². The van der Waals surface area contributed by atoms with Crippen molar-refractivity contribution in [3.8, 4) is 11.5 Å². The average Bonchev–Trinajstić information content (AvgIpc) is 2.53. The van der Waals surface area contributed by atoms with Gasteiger partial charge in [-0.3, -0.25) is 9.78 Å². The maximum absolute atomic E-state index is 12.1. The summed E-state index contributed by atoms with van der Waals surface area (Å²) in [5.74, 6) is -0.266. The van der Waals surface area contributed by atoms with Gasteiger partial charge in [-0.25, -0.2) is 5.43 Å². The number of hydrogen-bond acceptors (Lipinski definition) is 5. The van der Waals surface area contributed by atoms with Crippen LogP contribution in [0.2, 0.25) is 0 Å². The smallest absolute Gasteiger partial charge is 0.273 e. The summed E-state index contributed by atoms with van der Waals surface area (Å²) in [7, 11) is 0. The van der Waals surface area contributed by atoms with E-state index in [1.165, 1.54) is 24.7 Å². The van der Waals surface area contributed by atoms with Crippen molar-refractivity contribution in [2.45, 2.75) is 52.4 Å². The van der Waals surface area contributed by atoms with Crippen LogP contribution in [0.3, 0.4) is 0 Å². The molecule has 2 rings (SSSR count). The van der Waals surface area contributed by atoms with Gasteiger partial charge >= 0.3 is 0 Å². The van der Waals surface area contributed by atoms with Gasteiger partial charge in [0.2, 0.25) is 0 Å². The SMILES string of the molecule is CC(C)(C)c1cc(C=NNC(=O)c2cncc(O)c2)cc(C(C)(C)C)c1O. The lowest BCUT2D eigenvalue weighted by Gasteiger charge is -2.27. The Hall–Kier alpha value is -2.89. The molecule has 6 heteroatoms. The molecule has 27 heavy (non-hydrogen) atoms. The Labute approximate surface area is 160 Å². The summed E-state index contributed by atoms with van der Waals surface area (Å²) in [6.45, 7) is 12.2. The monoisotopic (exact) mass is 369 g/mol. The Balaban J connectivity index is 2.32. The van der Waals surface area contributed by atoms with Crippen LogP contribution in [0, 0.1) is 0 Å². The minimum absolute atomic E-state index is 0.0881. The molecule has 0 aliphatic rings. The van der Waals surface area contributed by atoms with Gasteiger partial charge in [0, 0.05) is 17.3 Å². The molecule has 0 saturated carbocycles. The van der Waals surface area contributed by atoms with E-state index < -0.39 is 5.91 Å². The Morgan fingerprint density at radius 2 is 1.56 bits per heavy atom. The molecule has 1 aromatic carbocycles. The number of pyridine rings is 1. The Morgan fingerprint density at radius 3 is 2.04 bits per heavy atom.